The molecular weight excluding hydrogens is 347 g/mol. The van der Waals surface area contributed by atoms with Gasteiger partial charge in [-0.1, -0.05) is 36.8 Å². The molecule has 0 N–H and O–H groups in total. The fourth-order valence-corrected chi connectivity index (χ4v) is 4.02. The van der Waals surface area contributed by atoms with Gasteiger partial charge >= 0.3 is 0 Å². The number of thiazole rings is 1. The minimum Gasteiger partial charge on any atom is -0.297 e. The van der Waals surface area contributed by atoms with Crippen molar-refractivity contribution in [3.8, 4) is 10.4 Å². The smallest absolute Gasteiger partial charge is 0.194 e. The molecule has 0 bridgehead atoms. The summed E-state index contributed by atoms with van der Waals surface area (Å²) in [4.78, 5) is 6.32. The summed E-state index contributed by atoms with van der Waals surface area (Å²) < 4.78 is 18.3. The number of hydrogen-bond acceptors (Lipinski definition) is 3. The molecule has 4 nitrogen and oxygen atoms in total. The van der Waals surface area contributed by atoms with Crippen molar-refractivity contribution in [3.63, 3.8) is 0 Å². The minimum atomic E-state index is -0.436. The highest BCUT2D eigenvalue weighted by molar-refractivity contribution is 7.20. The second-order valence-electron chi connectivity index (χ2n) is 6.05. The molecule has 124 valence electrons. The van der Waals surface area contributed by atoms with Crippen molar-refractivity contribution >= 4 is 38.8 Å². The van der Waals surface area contributed by atoms with Gasteiger partial charge in [0.2, 0.25) is 0 Å². The molecule has 24 heavy (non-hydrogen) atoms. The number of hydrogen-bond donors (Lipinski definition) is 0. The van der Waals surface area contributed by atoms with Crippen molar-refractivity contribution in [2.75, 3.05) is 0 Å². The molecule has 0 spiro atoms. The Morgan fingerprint density at radius 1 is 1.33 bits per heavy atom. The Bertz CT molecular complexity index is 1030. The number of benzene rings is 1. The van der Waals surface area contributed by atoms with Gasteiger partial charge in [-0.25, -0.2) is 9.37 Å². The number of nitrogens with zero attached hydrogens (tertiary/aromatic N) is 4. The molecule has 0 amide bonds. The van der Waals surface area contributed by atoms with Gasteiger partial charge in [-0.15, -0.1) is 0 Å². The SMILES string of the molecule is CCC(C)c1cn2cc(-c3cc4cn(C)nc4c(Cl)c3F)sc2n1. The summed E-state index contributed by atoms with van der Waals surface area (Å²) in [7, 11) is 1.80. The molecule has 3 aromatic heterocycles. The highest BCUT2D eigenvalue weighted by Crippen LogP contribution is 2.37. The molecule has 0 saturated heterocycles. The number of rotatable bonds is 3. The minimum absolute atomic E-state index is 0.0643. The first-order valence-electron chi connectivity index (χ1n) is 7.78. The molecule has 1 atom stereocenters. The van der Waals surface area contributed by atoms with E-state index < -0.39 is 5.82 Å². The van der Waals surface area contributed by atoms with Gasteiger partial charge in [0.15, 0.2) is 10.8 Å². The molecule has 0 saturated carbocycles. The van der Waals surface area contributed by atoms with Crippen molar-refractivity contribution in [2.45, 2.75) is 26.2 Å². The van der Waals surface area contributed by atoms with E-state index in [1.165, 1.54) is 11.3 Å². The van der Waals surface area contributed by atoms with Gasteiger partial charge in [-0.05, 0) is 18.4 Å². The number of aryl methyl sites for hydroxylation is 1. The maximum atomic E-state index is 14.7. The van der Waals surface area contributed by atoms with Crippen LogP contribution < -0.4 is 0 Å². The maximum Gasteiger partial charge on any atom is 0.194 e. The van der Waals surface area contributed by atoms with Gasteiger partial charge in [-0.2, -0.15) is 5.10 Å². The lowest BCUT2D eigenvalue weighted by atomic mass is 10.1. The lowest BCUT2D eigenvalue weighted by molar-refractivity contribution is 0.633. The Kier molecular flexibility index (Phi) is 3.62. The van der Waals surface area contributed by atoms with E-state index in [-0.39, 0.29) is 5.02 Å². The van der Waals surface area contributed by atoms with Crippen molar-refractivity contribution < 1.29 is 4.39 Å². The van der Waals surface area contributed by atoms with Crippen LogP contribution in [0.2, 0.25) is 5.02 Å². The van der Waals surface area contributed by atoms with Crippen LogP contribution in [-0.2, 0) is 7.05 Å². The molecule has 1 aromatic carbocycles. The summed E-state index contributed by atoms with van der Waals surface area (Å²) >= 11 is 7.65. The molecule has 0 radical (unpaired) electrons. The Labute approximate surface area is 147 Å². The van der Waals surface area contributed by atoms with Crippen LogP contribution in [0.5, 0.6) is 0 Å². The molecular formula is C17H16ClFN4S. The van der Waals surface area contributed by atoms with Crippen LogP contribution >= 0.6 is 22.9 Å². The fourth-order valence-electron chi connectivity index (χ4n) is 2.79. The number of imidazole rings is 1. The molecule has 0 aliphatic heterocycles. The monoisotopic (exact) mass is 362 g/mol. The van der Waals surface area contributed by atoms with Crippen molar-refractivity contribution in [3.05, 3.63) is 41.2 Å². The van der Waals surface area contributed by atoms with Crippen molar-refractivity contribution in [1.82, 2.24) is 19.2 Å². The normalized spacial score (nSPS) is 13.2. The molecule has 1 unspecified atom stereocenters. The molecule has 4 rings (SSSR count). The van der Waals surface area contributed by atoms with E-state index >= 15 is 0 Å². The average Bonchev–Trinajstić information content (AvgIpc) is 3.21. The van der Waals surface area contributed by atoms with Crippen LogP contribution in [0.1, 0.15) is 31.9 Å². The Morgan fingerprint density at radius 2 is 2.12 bits per heavy atom. The van der Waals surface area contributed by atoms with Gasteiger partial charge in [0.25, 0.3) is 0 Å². The van der Waals surface area contributed by atoms with Gasteiger partial charge in [0, 0.05) is 36.6 Å². The summed E-state index contributed by atoms with van der Waals surface area (Å²) in [5, 5.41) is 5.10. The predicted octanol–water partition coefficient (Wildman–Crippen LogP) is 5.26. The quantitative estimate of drug-likeness (QED) is 0.498. The summed E-state index contributed by atoms with van der Waals surface area (Å²) in [6.07, 6.45) is 6.81. The topological polar surface area (TPSA) is 35.1 Å². The maximum absolute atomic E-state index is 14.7. The average molecular weight is 363 g/mol. The van der Waals surface area contributed by atoms with E-state index in [4.69, 9.17) is 11.6 Å². The Morgan fingerprint density at radius 3 is 2.83 bits per heavy atom. The molecule has 0 aliphatic rings. The van der Waals surface area contributed by atoms with Crippen LogP contribution in [0.3, 0.4) is 0 Å². The summed E-state index contributed by atoms with van der Waals surface area (Å²) in [6, 6.07) is 1.80. The van der Waals surface area contributed by atoms with E-state index in [1.807, 2.05) is 23.0 Å². The second-order valence-corrected chi connectivity index (χ2v) is 7.44. The number of fused-ring (bicyclic) bond motifs is 2. The molecule has 0 aliphatic carbocycles. The molecule has 0 fully saturated rings. The molecule has 4 aromatic rings. The number of aromatic nitrogens is 4. The van der Waals surface area contributed by atoms with Crippen molar-refractivity contribution in [1.29, 1.82) is 0 Å². The predicted molar refractivity (Wildman–Crippen MR) is 96.5 cm³/mol. The van der Waals surface area contributed by atoms with E-state index in [1.54, 1.807) is 17.8 Å². The fraction of sp³-hybridized carbons (Fsp3) is 0.294. The molecule has 7 heteroatoms. The standard InChI is InChI=1S/C17H16ClFN4S/c1-4-9(2)12-7-23-8-13(24-17(23)20-12)11-5-10-6-22(3)21-16(10)14(18)15(11)19/h5-9H,4H2,1-3H3. The first-order valence-corrected chi connectivity index (χ1v) is 8.97. The zero-order valence-electron chi connectivity index (χ0n) is 13.5. The first kappa shape index (κ1) is 15.6. The Balaban J connectivity index is 1.86. The van der Waals surface area contributed by atoms with Gasteiger partial charge in [0.05, 0.1) is 10.6 Å². The van der Waals surface area contributed by atoms with Crippen LogP contribution in [0.25, 0.3) is 26.3 Å². The van der Waals surface area contributed by atoms with E-state index in [9.17, 15) is 4.39 Å². The van der Waals surface area contributed by atoms with Gasteiger partial charge in [0.1, 0.15) is 10.5 Å². The van der Waals surface area contributed by atoms with Crippen LogP contribution in [0.15, 0.2) is 24.7 Å². The first-order chi connectivity index (χ1) is 11.5. The summed E-state index contributed by atoms with van der Waals surface area (Å²) in [6.45, 7) is 4.30. The molecule has 3 heterocycles. The highest BCUT2D eigenvalue weighted by atomic mass is 35.5. The van der Waals surface area contributed by atoms with Gasteiger partial charge < -0.3 is 0 Å². The zero-order chi connectivity index (χ0) is 17.0. The van der Waals surface area contributed by atoms with E-state index in [0.29, 0.717) is 17.0 Å². The number of halogens is 2. The van der Waals surface area contributed by atoms with Crippen LogP contribution in [-0.4, -0.2) is 19.2 Å². The largest absolute Gasteiger partial charge is 0.297 e. The lowest BCUT2D eigenvalue weighted by Gasteiger charge is -2.03. The second kappa shape index (κ2) is 5.57. The third kappa shape index (κ3) is 2.32. The van der Waals surface area contributed by atoms with Crippen LogP contribution in [0, 0.1) is 5.82 Å². The van der Waals surface area contributed by atoms with E-state index in [2.05, 4.69) is 23.9 Å². The third-order valence-electron chi connectivity index (χ3n) is 4.35. The van der Waals surface area contributed by atoms with Crippen molar-refractivity contribution in [2.24, 2.45) is 7.05 Å². The lowest BCUT2D eigenvalue weighted by Crippen LogP contribution is -1.90. The zero-order valence-corrected chi connectivity index (χ0v) is 15.1. The Hall–Kier alpha value is -1.92. The third-order valence-corrected chi connectivity index (χ3v) is 5.73. The van der Waals surface area contributed by atoms with Gasteiger partial charge in [-0.3, -0.25) is 9.08 Å². The summed E-state index contributed by atoms with van der Waals surface area (Å²) in [5.74, 6) is -0.0204. The highest BCUT2D eigenvalue weighted by Gasteiger charge is 2.19. The van der Waals surface area contributed by atoms with Crippen LogP contribution in [0.4, 0.5) is 4.39 Å². The summed E-state index contributed by atoms with van der Waals surface area (Å²) in [5.41, 5.74) is 2.04. The van der Waals surface area contributed by atoms with E-state index in [0.717, 1.165) is 27.3 Å².